The van der Waals surface area contributed by atoms with E-state index < -0.39 is 18.0 Å². The monoisotopic (exact) mass is 271 g/mol. The Hall–Kier alpha value is -1.10. The average molecular weight is 271 g/mol. The van der Waals surface area contributed by atoms with Crippen LogP contribution in [0.3, 0.4) is 0 Å². The molecular formula is C14H29N3O2. The second kappa shape index (κ2) is 8.91. The largest absolute Gasteiger partial charge is 0.368 e. The van der Waals surface area contributed by atoms with Gasteiger partial charge in [-0.25, -0.2) is 0 Å². The number of hydrogen-bond donors (Lipinski definition) is 2. The lowest BCUT2D eigenvalue weighted by Crippen LogP contribution is -2.54. The van der Waals surface area contributed by atoms with Crippen LogP contribution in [-0.4, -0.2) is 35.3 Å². The second-order valence-corrected chi connectivity index (χ2v) is 5.36. The van der Waals surface area contributed by atoms with Gasteiger partial charge in [0.15, 0.2) is 0 Å². The summed E-state index contributed by atoms with van der Waals surface area (Å²) >= 11 is 0. The van der Waals surface area contributed by atoms with Crippen molar-refractivity contribution in [2.24, 2.45) is 17.4 Å². The summed E-state index contributed by atoms with van der Waals surface area (Å²) in [5, 5.41) is 0. The van der Waals surface area contributed by atoms with Crippen molar-refractivity contribution < 1.29 is 9.59 Å². The first kappa shape index (κ1) is 17.9. The first-order valence-electron chi connectivity index (χ1n) is 7.22. The molecule has 0 heterocycles. The summed E-state index contributed by atoms with van der Waals surface area (Å²) in [6.07, 6.45) is 3.21. The summed E-state index contributed by atoms with van der Waals surface area (Å²) in [4.78, 5) is 25.6. The van der Waals surface area contributed by atoms with Gasteiger partial charge in [-0.1, -0.05) is 40.5 Å². The maximum atomic E-state index is 12.4. The molecule has 0 aromatic rings. The molecular weight excluding hydrogens is 242 g/mol. The van der Waals surface area contributed by atoms with Crippen LogP contribution in [0.4, 0.5) is 0 Å². The third-order valence-corrected chi connectivity index (χ3v) is 3.31. The average Bonchev–Trinajstić information content (AvgIpc) is 2.36. The first-order valence-corrected chi connectivity index (χ1v) is 7.22. The minimum Gasteiger partial charge on any atom is -0.368 e. The predicted octanol–water partition coefficient (Wildman–Crippen LogP) is 1.25. The van der Waals surface area contributed by atoms with Crippen molar-refractivity contribution in [3.05, 3.63) is 0 Å². The zero-order chi connectivity index (χ0) is 15.0. The highest BCUT2D eigenvalue weighted by atomic mass is 16.2. The summed E-state index contributed by atoms with van der Waals surface area (Å²) in [5.74, 6) is -0.560. The molecule has 0 bridgehead atoms. The van der Waals surface area contributed by atoms with Crippen molar-refractivity contribution in [3.8, 4) is 0 Å². The molecule has 0 unspecified atom stereocenters. The number of carbonyl (C=O) groups excluding carboxylic acids is 2. The number of nitrogens with two attached hydrogens (primary N) is 2. The van der Waals surface area contributed by atoms with E-state index in [2.05, 4.69) is 0 Å². The van der Waals surface area contributed by atoms with Crippen molar-refractivity contribution in [1.82, 2.24) is 4.90 Å². The SMILES string of the molecule is CCCCN(C(=O)[C@@H](N)C(C)C)[C@@H](CCC)C(N)=O. The number of carbonyl (C=O) groups is 2. The normalized spacial score (nSPS) is 14.2. The van der Waals surface area contributed by atoms with Crippen LogP contribution in [0.5, 0.6) is 0 Å². The number of nitrogens with zero attached hydrogens (tertiary/aromatic N) is 1. The van der Waals surface area contributed by atoms with E-state index in [4.69, 9.17) is 11.5 Å². The molecule has 0 radical (unpaired) electrons. The van der Waals surface area contributed by atoms with E-state index in [0.717, 1.165) is 19.3 Å². The summed E-state index contributed by atoms with van der Waals surface area (Å²) in [6.45, 7) is 8.37. The summed E-state index contributed by atoms with van der Waals surface area (Å²) in [5.41, 5.74) is 11.4. The molecule has 0 saturated heterocycles. The van der Waals surface area contributed by atoms with Gasteiger partial charge in [-0.2, -0.15) is 0 Å². The summed E-state index contributed by atoms with van der Waals surface area (Å²) in [6, 6.07) is -1.11. The fourth-order valence-electron chi connectivity index (χ4n) is 1.95. The lowest BCUT2D eigenvalue weighted by molar-refractivity contribution is -0.141. The zero-order valence-corrected chi connectivity index (χ0v) is 12.7. The van der Waals surface area contributed by atoms with Crippen molar-refractivity contribution in [1.29, 1.82) is 0 Å². The maximum absolute atomic E-state index is 12.4. The lowest BCUT2D eigenvalue weighted by atomic mass is 10.0. The van der Waals surface area contributed by atoms with E-state index in [1.165, 1.54) is 0 Å². The van der Waals surface area contributed by atoms with Gasteiger partial charge in [-0.3, -0.25) is 9.59 Å². The standard InChI is InChI=1S/C14H29N3O2/c1-5-7-9-17(11(8-6-2)13(16)18)14(19)12(15)10(3)4/h10-12H,5-9,15H2,1-4H3,(H2,16,18)/t11-,12-/m0/s1. The number of unbranched alkanes of at least 4 members (excludes halogenated alkanes) is 1. The highest BCUT2D eigenvalue weighted by molar-refractivity contribution is 5.89. The molecule has 0 saturated carbocycles. The molecule has 0 aliphatic heterocycles. The van der Waals surface area contributed by atoms with E-state index in [9.17, 15) is 9.59 Å². The van der Waals surface area contributed by atoms with Crippen LogP contribution in [0.2, 0.25) is 0 Å². The number of amides is 2. The van der Waals surface area contributed by atoms with E-state index in [-0.39, 0.29) is 11.8 Å². The number of rotatable bonds is 9. The van der Waals surface area contributed by atoms with Gasteiger partial charge in [0.25, 0.3) is 0 Å². The Morgan fingerprint density at radius 3 is 2.11 bits per heavy atom. The van der Waals surface area contributed by atoms with E-state index in [1.54, 1.807) is 4.90 Å². The van der Waals surface area contributed by atoms with Gasteiger partial charge in [-0.05, 0) is 18.8 Å². The van der Waals surface area contributed by atoms with Crippen molar-refractivity contribution in [3.63, 3.8) is 0 Å². The molecule has 0 fully saturated rings. The van der Waals surface area contributed by atoms with Gasteiger partial charge in [0, 0.05) is 6.54 Å². The van der Waals surface area contributed by atoms with Gasteiger partial charge in [0.1, 0.15) is 6.04 Å². The molecule has 2 atom stereocenters. The van der Waals surface area contributed by atoms with Gasteiger partial charge in [-0.15, -0.1) is 0 Å². The Labute approximate surface area is 116 Å². The van der Waals surface area contributed by atoms with Crippen LogP contribution in [0.15, 0.2) is 0 Å². The lowest BCUT2D eigenvalue weighted by Gasteiger charge is -2.32. The second-order valence-electron chi connectivity index (χ2n) is 5.36. The molecule has 0 aliphatic carbocycles. The van der Waals surface area contributed by atoms with E-state index >= 15 is 0 Å². The van der Waals surface area contributed by atoms with Crippen molar-refractivity contribution >= 4 is 11.8 Å². The summed E-state index contributed by atoms with van der Waals surface area (Å²) < 4.78 is 0. The quantitative estimate of drug-likeness (QED) is 0.661. The van der Waals surface area contributed by atoms with Crippen molar-refractivity contribution in [2.45, 2.75) is 65.5 Å². The molecule has 0 aromatic carbocycles. The Bertz CT molecular complexity index is 292. The number of hydrogen-bond acceptors (Lipinski definition) is 3. The molecule has 5 heteroatoms. The van der Waals surface area contributed by atoms with Crippen LogP contribution in [-0.2, 0) is 9.59 Å². The van der Waals surface area contributed by atoms with Gasteiger partial charge in [0.05, 0.1) is 6.04 Å². The molecule has 0 aliphatic rings. The van der Waals surface area contributed by atoms with Crippen molar-refractivity contribution in [2.75, 3.05) is 6.54 Å². The minimum absolute atomic E-state index is 0.0479. The predicted molar refractivity (Wildman–Crippen MR) is 77.3 cm³/mol. The van der Waals surface area contributed by atoms with E-state index in [1.807, 2.05) is 27.7 Å². The number of primary amides is 1. The Balaban J connectivity index is 5.04. The van der Waals surface area contributed by atoms with E-state index in [0.29, 0.717) is 13.0 Å². The topological polar surface area (TPSA) is 89.4 Å². The fourth-order valence-corrected chi connectivity index (χ4v) is 1.95. The Morgan fingerprint density at radius 2 is 1.74 bits per heavy atom. The molecule has 0 aromatic heterocycles. The Morgan fingerprint density at radius 1 is 1.16 bits per heavy atom. The molecule has 5 nitrogen and oxygen atoms in total. The van der Waals surface area contributed by atoms with Gasteiger partial charge in [0.2, 0.25) is 11.8 Å². The van der Waals surface area contributed by atoms with Gasteiger partial charge < -0.3 is 16.4 Å². The molecule has 2 amide bonds. The first-order chi connectivity index (χ1) is 8.86. The highest BCUT2D eigenvalue weighted by Gasteiger charge is 2.31. The molecule has 0 spiro atoms. The third kappa shape index (κ3) is 5.59. The van der Waals surface area contributed by atoms with Crippen LogP contribution in [0.1, 0.15) is 53.4 Å². The summed E-state index contributed by atoms with van der Waals surface area (Å²) in [7, 11) is 0. The molecule has 112 valence electrons. The maximum Gasteiger partial charge on any atom is 0.240 e. The van der Waals surface area contributed by atoms with Crippen LogP contribution < -0.4 is 11.5 Å². The van der Waals surface area contributed by atoms with Gasteiger partial charge >= 0.3 is 0 Å². The minimum atomic E-state index is -0.574. The van der Waals surface area contributed by atoms with Crippen LogP contribution >= 0.6 is 0 Å². The highest BCUT2D eigenvalue weighted by Crippen LogP contribution is 2.13. The smallest absolute Gasteiger partial charge is 0.240 e. The van der Waals surface area contributed by atoms with Crippen LogP contribution in [0.25, 0.3) is 0 Å². The Kier molecular flexibility index (Phi) is 8.39. The fraction of sp³-hybridized carbons (Fsp3) is 0.857. The molecule has 4 N–H and O–H groups in total. The zero-order valence-electron chi connectivity index (χ0n) is 12.7. The van der Waals surface area contributed by atoms with Crippen LogP contribution in [0, 0.1) is 5.92 Å². The third-order valence-electron chi connectivity index (χ3n) is 3.31. The molecule has 0 rings (SSSR count). The molecule has 19 heavy (non-hydrogen) atoms.